The van der Waals surface area contributed by atoms with E-state index in [1.165, 1.54) is 30.5 Å². The molecule has 3 heteroatoms. The van der Waals surface area contributed by atoms with E-state index in [4.69, 9.17) is 5.73 Å². The Labute approximate surface area is 116 Å². The first-order valence-electron chi connectivity index (χ1n) is 7.38. The summed E-state index contributed by atoms with van der Waals surface area (Å²) >= 11 is 0. The van der Waals surface area contributed by atoms with Crippen LogP contribution in [0.1, 0.15) is 38.7 Å². The maximum Gasteiger partial charge on any atom is 0.123 e. The minimum absolute atomic E-state index is 0.165. The molecule has 0 aliphatic carbocycles. The van der Waals surface area contributed by atoms with Crippen molar-refractivity contribution in [3.63, 3.8) is 0 Å². The fraction of sp³-hybridized carbons (Fsp3) is 0.625. The van der Waals surface area contributed by atoms with Crippen LogP contribution in [0.15, 0.2) is 24.3 Å². The molecule has 1 atom stereocenters. The number of likely N-dealkylation sites (tertiary alicyclic amines) is 1. The monoisotopic (exact) mass is 266 g/mol. The molecule has 1 saturated heterocycles. The molecule has 1 aliphatic heterocycles. The maximum atomic E-state index is 12.7. The lowest BCUT2D eigenvalue weighted by Gasteiger charge is -2.14. The molecule has 0 amide bonds. The number of nitrogens with zero attached hydrogens (tertiary/aromatic N) is 1. The summed E-state index contributed by atoms with van der Waals surface area (Å²) in [5.41, 5.74) is 7.01. The molecule has 2 N–H and O–H groups in total. The van der Waals surface area contributed by atoms with E-state index in [-0.39, 0.29) is 5.82 Å². The third-order valence-electron chi connectivity index (χ3n) is 3.44. The predicted octanol–water partition coefficient (Wildman–Crippen LogP) is 3.21. The van der Waals surface area contributed by atoms with Crippen molar-refractivity contribution in [2.24, 2.45) is 5.73 Å². The number of nitrogens with two attached hydrogens (primary N) is 1. The van der Waals surface area contributed by atoms with Gasteiger partial charge >= 0.3 is 0 Å². The van der Waals surface area contributed by atoms with Crippen molar-refractivity contribution >= 4 is 0 Å². The number of hydrogen-bond donors (Lipinski definition) is 1. The van der Waals surface area contributed by atoms with Crippen molar-refractivity contribution in [1.82, 2.24) is 4.90 Å². The van der Waals surface area contributed by atoms with Crippen LogP contribution < -0.4 is 5.73 Å². The zero-order valence-corrected chi connectivity index (χ0v) is 12.2. The van der Waals surface area contributed by atoms with Gasteiger partial charge < -0.3 is 10.6 Å². The highest BCUT2D eigenvalue weighted by molar-refractivity contribution is 5.16. The SMILES string of the molecule is CCCC.NC1CCN(CCc2ccc(F)cc2)C1. The first kappa shape index (κ1) is 16.1. The molecule has 0 spiro atoms. The molecular formula is C16H27FN2. The van der Waals surface area contributed by atoms with Gasteiger partial charge in [-0.05, 0) is 37.1 Å². The molecule has 2 nitrogen and oxygen atoms in total. The molecular weight excluding hydrogens is 239 g/mol. The number of halogens is 1. The zero-order valence-electron chi connectivity index (χ0n) is 12.2. The van der Waals surface area contributed by atoms with Crippen molar-refractivity contribution in [2.75, 3.05) is 19.6 Å². The van der Waals surface area contributed by atoms with Crippen molar-refractivity contribution in [3.8, 4) is 0 Å². The Bertz CT molecular complexity index is 335. The molecule has 1 unspecified atom stereocenters. The van der Waals surface area contributed by atoms with E-state index in [1.807, 2.05) is 12.1 Å². The molecule has 1 heterocycles. The van der Waals surface area contributed by atoms with E-state index >= 15 is 0 Å². The number of benzene rings is 1. The summed E-state index contributed by atoms with van der Waals surface area (Å²) in [4.78, 5) is 2.37. The van der Waals surface area contributed by atoms with Crippen LogP contribution in [0, 0.1) is 5.82 Å². The van der Waals surface area contributed by atoms with Crippen molar-refractivity contribution in [2.45, 2.75) is 45.6 Å². The van der Waals surface area contributed by atoms with E-state index in [9.17, 15) is 4.39 Å². The summed E-state index contributed by atoms with van der Waals surface area (Å²) in [6.07, 6.45) is 4.72. The van der Waals surface area contributed by atoms with Gasteiger partial charge in [-0.2, -0.15) is 0 Å². The highest BCUT2D eigenvalue weighted by Crippen LogP contribution is 2.09. The topological polar surface area (TPSA) is 29.3 Å². The maximum absolute atomic E-state index is 12.7. The average Bonchev–Trinajstić information content (AvgIpc) is 2.84. The molecule has 0 aromatic heterocycles. The Hall–Kier alpha value is -0.930. The van der Waals surface area contributed by atoms with Crippen LogP contribution in [0.4, 0.5) is 4.39 Å². The molecule has 0 radical (unpaired) electrons. The molecule has 108 valence electrons. The molecule has 0 saturated carbocycles. The second kappa shape index (κ2) is 9.05. The fourth-order valence-electron chi connectivity index (χ4n) is 2.00. The van der Waals surface area contributed by atoms with Gasteiger partial charge in [0, 0.05) is 19.1 Å². The second-order valence-corrected chi connectivity index (χ2v) is 5.23. The number of rotatable bonds is 4. The van der Waals surface area contributed by atoms with E-state index in [0.29, 0.717) is 6.04 Å². The van der Waals surface area contributed by atoms with Crippen molar-refractivity contribution in [3.05, 3.63) is 35.6 Å². The normalized spacial score (nSPS) is 19.1. The third kappa shape index (κ3) is 6.69. The summed E-state index contributed by atoms with van der Waals surface area (Å²) in [7, 11) is 0. The van der Waals surface area contributed by atoms with Crippen LogP contribution in [0.2, 0.25) is 0 Å². The molecule has 1 fully saturated rings. The Morgan fingerprint density at radius 3 is 2.32 bits per heavy atom. The number of unbranched alkanes of at least 4 members (excludes halogenated alkanes) is 1. The third-order valence-corrected chi connectivity index (χ3v) is 3.44. The Kier molecular flexibility index (Phi) is 7.68. The molecule has 0 bridgehead atoms. The minimum atomic E-state index is -0.165. The molecule has 1 aliphatic rings. The number of hydrogen-bond acceptors (Lipinski definition) is 2. The van der Waals surface area contributed by atoms with Crippen LogP contribution in [0.5, 0.6) is 0 Å². The van der Waals surface area contributed by atoms with Gasteiger partial charge in [0.1, 0.15) is 5.82 Å². The van der Waals surface area contributed by atoms with E-state index in [2.05, 4.69) is 18.7 Å². The molecule has 1 aromatic carbocycles. The minimum Gasteiger partial charge on any atom is -0.326 e. The summed E-state index contributed by atoms with van der Waals surface area (Å²) in [6.45, 7) is 7.49. The smallest absolute Gasteiger partial charge is 0.123 e. The Morgan fingerprint density at radius 1 is 1.21 bits per heavy atom. The van der Waals surface area contributed by atoms with Crippen LogP contribution in [0.25, 0.3) is 0 Å². The fourth-order valence-corrected chi connectivity index (χ4v) is 2.00. The molecule has 2 rings (SSSR count). The lowest BCUT2D eigenvalue weighted by Crippen LogP contribution is -2.28. The highest BCUT2D eigenvalue weighted by atomic mass is 19.1. The summed E-state index contributed by atoms with van der Waals surface area (Å²) in [5.74, 6) is -0.165. The zero-order chi connectivity index (χ0) is 14.1. The Morgan fingerprint density at radius 2 is 1.84 bits per heavy atom. The highest BCUT2D eigenvalue weighted by Gasteiger charge is 2.17. The van der Waals surface area contributed by atoms with Gasteiger partial charge in [-0.15, -0.1) is 0 Å². The largest absolute Gasteiger partial charge is 0.326 e. The van der Waals surface area contributed by atoms with Crippen LogP contribution >= 0.6 is 0 Å². The van der Waals surface area contributed by atoms with Gasteiger partial charge in [-0.25, -0.2) is 4.39 Å². The standard InChI is InChI=1S/C12H17FN2.C4H10/c13-11-3-1-10(2-4-11)5-7-15-8-6-12(14)9-15;1-3-4-2/h1-4,12H,5-9,14H2;3-4H2,1-2H3. The van der Waals surface area contributed by atoms with Gasteiger partial charge in [0.2, 0.25) is 0 Å². The summed E-state index contributed by atoms with van der Waals surface area (Å²) in [6, 6.07) is 7.09. The summed E-state index contributed by atoms with van der Waals surface area (Å²) < 4.78 is 12.7. The van der Waals surface area contributed by atoms with Crippen LogP contribution in [0.3, 0.4) is 0 Å². The van der Waals surface area contributed by atoms with Gasteiger partial charge in [0.05, 0.1) is 0 Å². The first-order valence-corrected chi connectivity index (χ1v) is 7.38. The van der Waals surface area contributed by atoms with Gasteiger partial charge in [0.25, 0.3) is 0 Å². The van der Waals surface area contributed by atoms with Crippen LogP contribution in [-0.2, 0) is 6.42 Å². The van der Waals surface area contributed by atoms with Gasteiger partial charge in [-0.3, -0.25) is 0 Å². The molecule has 19 heavy (non-hydrogen) atoms. The average molecular weight is 266 g/mol. The van der Waals surface area contributed by atoms with Gasteiger partial charge in [0.15, 0.2) is 0 Å². The Balaban J connectivity index is 0.000000399. The quantitative estimate of drug-likeness (QED) is 0.906. The first-order chi connectivity index (χ1) is 9.15. The van der Waals surface area contributed by atoms with Crippen molar-refractivity contribution < 1.29 is 4.39 Å². The second-order valence-electron chi connectivity index (χ2n) is 5.23. The molecule has 1 aromatic rings. The van der Waals surface area contributed by atoms with E-state index in [0.717, 1.165) is 32.5 Å². The predicted molar refractivity (Wildman–Crippen MR) is 79.7 cm³/mol. The van der Waals surface area contributed by atoms with Gasteiger partial charge in [-0.1, -0.05) is 38.8 Å². The van der Waals surface area contributed by atoms with E-state index < -0.39 is 0 Å². The summed E-state index contributed by atoms with van der Waals surface area (Å²) in [5, 5.41) is 0. The lowest BCUT2D eigenvalue weighted by molar-refractivity contribution is 0.339. The van der Waals surface area contributed by atoms with Crippen molar-refractivity contribution in [1.29, 1.82) is 0 Å². The van der Waals surface area contributed by atoms with Crippen LogP contribution in [-0.4, -0.2) is 30.6 Å². The van der Waals surface area contributed by atoms with E-state index in [1.54, 1.807) is 0 Å². The lowest BCUT2D eigenvalue weighted by atomic mass is 10.1.